The number of nitrogens with zero attached hydrogens (tertiary/aromatic N) is 1. The van der Waals surface area contributed by atoms with Gasteiger partial charge in [0.1, 0.15) is 0 Å². The summed E-state index contributed by atoms with van der Waals surface area (Å²) < 4.78 is 40.9. The Kier molecular flexibility index (Phi) is 3.97. The third-order valence-electron chi connectivity index (χ3n) is 4.41. The Morgan fingerprint density at radius 2 is 1.88 bits per heavy atom. The van der Waals surface area contributed by atoms with E-state index in [1.165, 1.54) is 6.92 Å². The average Bonchev–Trinajstić information content (AvgIpc) is 3.35. The SMILES string of the molecule is C[C@@H](c1ccccc1)N1C(=O)N[C@](NC(=O)C2CC2)(C(F)(F)F)C1=O. The molecule has 4 amide bonds. The van der Waals surface area contributed by atoms with Crippen molar-refractivity contribution in [3.05, 3.63) is 35.9 Å². The summed E-state index contributed by atoms with van der Waals surface area (Å²) in [6.45, 7) is 1.45. The molecule has 1 heterocycles. The molecule has 25 heavy (non-hydrogen) atoms. The Morgan fingerprint density at radius 3 is 2.40 bits per heavy atom. The van der Waals surface area contributed by atoms with Crippen molar-refractivity contribution in [3.8, 4) is 0 Å². The van der Waals surface area contributed by atoms with Crippen molar-refractivity contribution < 1.29 is 27.6 Å². The van der Waals surface area contributed by atoms with Gasteiger partial charge in [-0.05, 0) is 25.3 Å². The van der Waals surface area contributed by atoms with Crippen LogP contribution < -0.4 is 10.6 Å². The minimum Gasteiger partial charge on any atom is -0.318 e. The molecular weight excluding hydrogens is 339 g/mol. The third kappa shape index (κ3) is 2.83. The van der Waals surface area contributed by atoms with Gasteiger partial charge < -0.3 is 5.32 Å². The van der Waals surface area contributed by atoms with Gasteiger partial charge in [0.05, 0.1) is 6.04 Å². The zero-order valence-corrected chi connectivity index (χ0v) is 13.3. The van der Waals surface area contributed by atoms with Crippen LogP contribution >= 0.6 is 0 Å². The van der Waals surface area contributed by atoms with Gasteiger partial charge in [-0.1, -0.05) is 30.3 Å². The van der Waals surface area contributed by atoms with Gasteiger partial charge >= 0.3 is 12.2 Å². The number of halogens is 3. The van der Waals surface area contributed by atoms with E-state index in [0.29, 0.717) is 23.3 Å². The summed E-state index contributed by atoms with van der Waals surface area (Å²) in [4.78, 5) is 37.1. The number of imide groups is 1. The van der Waals surface area contributed by atoms with E-state index in [2.05, 4.69) is 0 Å². The summed E-state index contributed by atoms with van der Waals surface area (Å²) >= 11 is 0. The average molecular weight is 355 g/mol. The van der Waals surface area contributed by atoms with E-state index in [4.69, 9.17) is 0 Å². The molecule has 2 N–H and O–H groups in total. The highest BCUT2D eigenvalue weighted by Crippen LogP contribution is 2.38. The molecule has 134 valence electrons. The van der Waals surface area contributed by atoms with Crippen molar-refractivity contribution in [1.82, 2.24) is 15.5 Å². The molecule has 1 aliphatic carbocycles. The van der Waals surface area contributed by atoms with Crippen molar-refractivity contribution in [1.29, 1.82) is 0 Å². The van der Waals surface area contributed by atoms with Crippen LogP contribution in [0.15, 0.2) is 30.3 Å². The lowest BCUT2D eigenvalue weighted by Crippen LogP contribution is -2.69. The van der Waals surface area contributed by atoms with Gasteiger partial charge in [-0.15, -0.1) is 0 Å². The Hall–Kier alpha value is -2.58. The first-order valence-corrected chi connectivity index (χ1v) is 7.77. The molecule has 0 spiro atoms. The highest BCUT2D eigenvalue weighted by atomic mass is 19.4. The van der Waals surface area contributed by atoms with Gasteiger partial charge in [0.15, 0.2) is 0 Å². The lowest BCUT2D eigenvalue weighted by Gasteiger charge is -2.30. The summed E-state index contributed by atoms with van der Waals surface area (Å²) in [5.41, 5.74) is -2.93. The fraction of sp³-hybridized carbons (Fsp3) is 0.438. The zero-order valence-electron chi connectivity index (χ0n) is 13.3. The van der Waals surface area contributed by atoms with Gasteiger partial charge in [0.25, 0.3) is 11.6 Å². The van der Waals surface area contributed by atoms with E-state index < -0.39 is 41.6 Å². The summed E-state index contributed by atoms with van der Waals surface area (Å²) in [5.74, 6) is -2.97. The van der Waals surface area contributed by atoms with E-state index in [1.54, 1.807) is 41.0 Å². The molecule has 2 aliphatic rings. The van der Waals surface area contributed by atoms with Crippen LogP contribution in [-0.4, -0.2) is 34.6 Å². The smallest absolute Gasteiger partial charge is 0.318 e. The molecule has 1 aliphatic heterocycles. The van der Waals surface area contributed by atoms with Gasteiger partial charge in [0.2, 0.25) is 5.91 Å². The van der Waals surface area contributed by atoms with Gasteiger partial charge in [-0.2, -0.15) is 13.2 Å². The first-order valence-electron chi connectivity index (χ1n) is 7.77. The molecule has 1 aromatic rings. The number of nitrogens with one attached hydrogen (secondary N) is 2. The monoisotopic (exact) mass is 355 g/mol. The molecule has 0 bridgehead atoms. The molecule has 3 rings (SSSR count). The minimum absolute atomic E-state index is 0.464. The molecule has 1 aromatic carbocycles. The first kappa shape index (κ1) is 17.2. The van der Waals surface area contributed by atoms with Crippen LogP contribution in [0.25, 0.3) is 0 Å². The number of carbonyl (C=O) groups is 3. The highest BCUT2D eigenvalue weighted by molar-refractivity contribution is 6.09. The molecule has 0 radical (unpaired) electrons. The zero-order chi connectivity index (χ0) is 18.4. The lowest BCUT2D eigenvalue weighted by molar-refractivity contribution is -0.204. The number of alkyl halides is 3. The number of benzene rings is 1. The van der Waals surface area contributed by atoms with Crippen molar-refractivity contribution in [2.75, 3.05) is 0 Å². The highest BCUT2D eigenvalue weighted by Gasteiger charge is 2.69. The van der Waals surface area contributed by atoms with Crippen LogP contribution in [0.3, 0.4) is 0 Å². The largest absolute Gasteiger partial charge is 0.440 e. The number of amides is 4. The van der Waals surface area contributed by atoms with Crippen LogP contribution in [0.2, 0.25) is 0 Å². The van der Waals surface area contributed by atoms with Crippen molar-refractivity contribution in [2.45, 2.75) is 37.6 Å². The molecule has 2 atom stereocenters. The molecule has 9 heteroatoms. The number of urea groups is 1. The predicted molar refractivity (Wildman–Crippen MR) is 79.9 cm³/mol. The molecular formula is C16H16F3N3O3. The van der Waals surface area contributed by atoms with Gasteiger partial charge in [-0.25, -0.2) is 4.79 Å². The predicted octanol–water partition coefficient (Wildman–Crippen LogP) is 2.08. The third-order valence-corrected chi connectivity index (χ3v) is 4.41. The molecule has 1 saturated heterocycles. The van der Waals surface area contributed by atoms with Crippen molar-refractivity contribution in [2.24, 2.45) is 5.92 Å². The molecule has 6 nitrogen and oxygen atoms in total. The maximum absolute atomic E-state index is 13.6. The second-order valence-corrected chi connectivity index (χ2v) is 6.20. The van der Waals surface area contributed by atoms with Crippen molar-refractivity contribution in [3.63, 3.8) is 0 Å². The second-order valence-electron chi connectivity index (χ2n) is 6.20. The molecule has 1 saturated carbocycles. The van der Waals surface area contributed by atoms with E-state index in [-0.39, 0.29) is 0 Å². The maximum atomic E-state index is 13.6. The Labute approximate surface area is 141 Å². The topological polar surface area (TPSA) is 78.5 Å². The van der Waals surface area contributed by atoms with Crippen LogP contribution in [-0.2, 0) is 9.59 Å². The summed E-state index contributed by atoms with van der Waals surface area (Å²) in [5, 5.41) is 3.38. The quantitative estimate of drug-likeness (QED) is 0.812. The maximum Gasteiger partial charge on any atom is 0.440 e. The standard InChI is InChI=1S/C16H16F3N3O3/c1-9(10-5-3-2-4-6-10)22-13(24)15(16(17,18)19,21-14(22)25)20-12(23)11-7-8-11/h2-6,9,11H,7-8H2,1H3,(H,20,23)(H,21,25)/t9-,15-/m0/s1. The number of hydrogen-bond acceptors (Lipinski definition) is 3. The van der Waals surface area contributed by atoms with Crippen LogP contribution in [0.1, 0.15) is 31.4 Å². The van der Waals surface area contributed by atoms with Crippen molar-refractivity contribution >= 4 is 17.8 Å². The van der Waals surface area contributed by atoms with E-state index >= 15 is 0 Å². The second kappa shape index (κ2) is 5.75. The normalized spacial score (nSPS) is 24.9. The number of carbonyl (C=O) groups excluding carboxylic acids is 3. The Morgan fingerprint density at radius 1 is 1.28 bits per heavy atom. The van der Waals surface area contributed by atoms with Crippen LogP contribution in [0.5, 0.6) is 0 Å². The van der Waals surface area contributed by atoms with Crippen LogP contribution in [0.4, 0.5) is 18.0 Å². The Bertz CT molecular complexity index is 718. The summed E-state index contributed by atoms with van der Waals surface area (Å²) in [7, 11) is 0. The van der Waals surface area contributed by atoms with E-state index in [1.807, 2.05) is 0 Å². The fourth-order valence-electron chi connectivity index (χ4n) is 2.76. The van der Waals surface area contributed by atoms with Gasteiger partial charge in [-0.3, -0.25) is 19.8 Å². The lowest BCUT2D eigenvalue weighted by atomic mass is 10.1. The fourth-order valence-corrected chi connectivity index (χ4v) is 2.76. The number of hydrogen-bond donors (Lipinski definition) is 2. The van der Waals surface area contributed by atoms with Gasteiger partial charge in [0, 0.05) is 5.92 Å². The minimum atomic E-state index is -5.17. The van der Waals surface area contributed by atoms with E-state index in [9.17, 15) is 27.6 Å². The molecule has 0 unspecified atom stereocenters. The summed E-state index contributed by atoms with van der Waals surface area (Å²) in [6.07, 6.45) is -4.24. The first-order chi connectivity index (χ1) is 11.7. The molecule has 0 aromatic heterocycles. The number of rotatable bonds is 4. The molecule has 2 fully saturated rings. The summed E-state index contributed by atoms with van der Waals surface area (Å²) in [6, 6.07) is 6.08. The van der Waals surface area contributed by atoms with Crippen LogP contribution in [0, 0.1) is 5.92 Å². The van der Waals surface area contributed by atoms with E-state index in [0.717, 1.165) is 0 Å². The Balaban J connectivity index is 1.94.